The van der Waals surface area contributed by atoms with Crippen LogP contribution in [0.25, 0.3) is 0 Å². The molecule has 0 atom stereocenters. The molecule has 2 heteroatoms. The highest BCUT2D eigenvalue weighted by Gasteiger charge is 2.15. The van der Waals surface area contributed by atoms with Crippen molar-refractivity contribution in [2.45, 2.75) is 46.0 Å². The van der Waals surface area contributed by atoms with Crippen molar-refractivity contribution in [3.63, 3.8) is 0 Å². The number of ether oxygens (including phenoxy) is 1. The lowest BCUT2D eigenvalue weighted by Crippen LogP contribution is -2.17. The van der Waals surface area contributed by atoms with Crippen LogP contribution in [0.4, 0.5) is 0 Å². The minimum absolute atomic E-state index is 0.155. The molecule has 0 aromatic heterocycles. The molecule has 80 valence electrons. The van der Waals surface area contributed by atoms with E-state index in [2.05, 4.69) is 0 Å². The van der Waals surface area contributed by atoms with Gasteiger partial charge in [0.05, 0.1) is 6.61 Å². The summed E-state index contributed by atoms with van der Waals surface area (Å²) in [6, 6.07) is 0. The minimum atomic E-state index is -0.155. The number of hydrogen-bond acceptors (Lipinski definition) is 2. The second kappa shape index (κ2) is 5.84. The van der Waals surface area contributed by atoms with Crippen LogP contribution in [0.2, 0.25) is 0 Å². The Balaban J connectivity index is 2.22. The van der Waals surface area contributed by atoms with Gasteiger partial charge in [-0.25, -0.2) is 4.79 Å². The first-order valence-corrected chi connectivity index (χ1v) is 5.54. The lowest BCUT2D eigenvalue weighted by Gasteiger charge is -2.21. The van der Waals surface area contributed by atoms with Gasteiger partial charge in [0.1, 0.15) is 0 Å². The highest BCUT2D eigenvalue weighted by Crippen LogP contribution is 2.23. The van der Waals surface area contributed by atoms with E-state index in [1.54, 1.807) is 13.0 Å². The summed E-state index contributed by atoms with van der Waals surface area (Å²) in [5.41, 5.74) is 0.709. The fourth-order valence-corrected chi connectivity index (χ4v) is 1.78. The van der Waals surface area contributed by atoms with Gasteiger partial charge in [-0.05, 0) is 32.6 Å². The summed E-state index contributed by atoms with van der Waals surface area (Å²) in [5.74, 6) is 0.454. The third-order valence-corrected chi connectivity index (χ3v) is 2.93. The molecule has 0 aliphatic heterocycles. The van der Waals surface area contributed by atoms with Gasteiger partial charge in [0, 0.05) is 5.57 Å². The topological polar surface area (TPSA) is 26.3 Å². The van der Waals surface area contributed by atoms with Crippen LogP contribution in [-0.4, -0.2) is 12.6 Å². The Morgan fingerprint density at radius 2 is 2.00 bits per heavy atom. The normalized spacial score (nSPS) is 19.4. The molecular formula is C12H20O2. The fourth-order valence-electron chi connectivity index (χ4n) is 1.78. The van der Waals surface area contributed by atoms with Gasteiger partial charge in [0.25, 0.3) is 0 Å². The van der Waals surface area contributed by atoms with E-state index in [0.717, 1.165) is 0 Å². The van der Waals surface area contributed by atoms with E-state index in [9.17, 15) is 4.79 Å². The largest absolute Gasteiger partial charge is 0.462 e. The standard InChI is InChI=1S/C12H20O2/c1-3-10(2)12(13)14-9-11-7-5-4-6-8-11/h3,11H,4-9H2,1-2H3/b10-3+. The molecule has 1 aliphatic rings. The number of esters is 1. The Hall–Kier alpha value is -0.790. The maximum atomic E-state index is 11.3. The SMILES string of the molecule is C/C=C(\C)C(=O)OCC1CCCCC1. The van der Waals surface area contributed by atoms with Crippen LogP contribution < -0.4 is 0 Å². The molecule has 0 N–H and O–H groups in total. The number of carbonyl (C=O) groups excluding carboxylic acids is 1. The van der Waals surface area contributed by atoms with Crippen molar-refractivity contribution in [2.24, 2.45) is 5.92 Å². The number of allylic oxidation sites excluding steroid dienone is 1. The smallest absolute Gasteiger partial charge is 0.333 e. The average molecular weight is 196 g/mol. The Kier molecular flexibility index (Phi) is 4.71. The minimum Gasteiger partial charge on any atom is -0.462 e. The molecule has 0 spiro atoms. The average Bonchev–Trinajstić information content (AvgIpc) is 2.26. The highest BCUT2D eigenvalue weighted by molar-refractivity contribution is 5.87. The first-order chi connectivity index (χ1) is 6.74. The summed E-state index contributed by atoms with van der Waals surface area (Å²) in [4.78, 5) is 11.3. The predicted molar refractivity (Wildman–Crippen MR) is 57.0 cm³/mol. The van der Waals surface area contributed by atoms with E-state index in [-0.39, 0.29) is 5.97 Å². The number of carbonyl (C=O) groups is 1. The van der Waals surface area contributed by atoms with Crippen molar-refractivity contribution in [1.82, 2.24) is 0 Å². The quantitative estimate of drug-likeness (QED) is 0.512. The zero-order chi connectivity index (χ0) is 10.4. The van der Waals surface area contributed by atoms with Crippen molar-refractivity contribution in [1.29, 1.82) is 0 Å². The van der Waals surface area contributed by atoms with Gasteiger partial charge in [-0.3, -0.25) is 0 Å². The summed E-state index contributed by atoms with van der Waals surface area (Å²) in [6.45, 7) is 4.27. The lowest BCUT2D eigenvalue weighted by molar-refractivity contribution is -0.140. The molecular weight excluding hydrogens is 176 g/mol. The molecule has 0 aromatic rings. The van der Waals surface area contributed by atoms with Gasteiger partial charge in [0.2, 0.25) is 0 Å². The second-order valence-electron chi connectivity index (χ2n) is 4.07. The fraction of sp³-hybridized carbons (Fsp3) is 0.750. The summed E-state index contributed by atoms with van der Waals surface area (Å²) >= 11 is 0. The zero-order valence-corrected chi connectivity index (χ0v) is 9.21. The van der Waals surface area contributed by atoms with E-state index < -0.39 is 0 Å². The van der Waals surface area contributed by atoms with Crippen molar-refractivity contribution < 1.29 is 9.53 Å². The van der Waals surface area contributed by atoms with Crippen LogP contribution in [0, 0.1) is 5.92 Å². The Morgan fingerprint density at radius 3 is 2.57 bits per heavy atom. The second-order valence-corrected chi connectivity index (χ2v) is 4.07. The van der Waals surface area contributed by atoms with Crippen molar-refractivity contribution in [3.05, 3.63) is 11.6 Å². The molecule has 1 rings (SSSR count). The summed E-state index contributed by atoms with van der Waals surface area (Å²) in [5, 5.41) is 0. The van der Waals surface area contributed by atoms with Gasteiger partial charge >= 0.3 is 5.97 Å². The van der Waals surface area contributed by atoms with Crippen molar-refractivity contribution in [2.75, 3.05) is 6.61 Å². The highest BCUT2D eigenvalue weighted by atomic mass is 16.5. The van der Waals surface area contributed by atoms with E-state index >= 15 is 0 Å². The Labute approximate surface area is 86.3 Å². The Bertz CT molecular complexity index is 212. The molecule has 0 amide bonds. The molecule has 0 unspecified atom stereocenters. The van der Waals surface area contributed by atoms with Crippen LogP contribution in [0.1, 0.15) is 46.0 Å². The van der Waals surface area contributed by atoms with Crippen molar-refractivity contribution >= 4 is 5.97 Å². The molecule has 1 saturated carbocycles. The van der Waals surface area contributed by atoms with E-state index in [1.165, 1.54) is 32.1 Å². The molecule has 2 nitrogen and oxygen atoms in total. The van der Waals surface area contributed by atoms with Crippen LogP contribution in [0.5, 0.6) is 0 Å². The van der Waals surface area contributed by atoms with Gasteiger partial charge in [-0.2, -0.15) is 0 Å². The maximum absolute atomic E-state index is 11.3. The van der Waals surface area contributed by atoms with Crippen LogP contribution in [0.15, 0.2) is 11.6 Å². The van der Waals surface area contributed by atoms with Gasteiger partial charge < -0.3 is 4.74 Å². The number of hydrogen-bond donors (Lipinski definition) is 0. The first-order valence-electron chi connectivity index (χ1n) is 5.54. The molecule has 0 radical (unpaired) electrons. The third kappa shape index (κ3) is 3.52. The van der Waals surface area contributed by atoms with E-state index in [0.29, 0.717) is 18.1 Å². The molecule has 1 fully saturated rings. The summed E-state index contributed by atoms with van der Waals surface area (Å²) < 4.78 is 5.23. The summed E-state index contributed by atoms with van der Waals surface area (Å²) in [6.07, 6.45) is 8.18. The molecule has 1 aliphatic carbocycles. The maximum Gasteiger partial charge on any atom is 0.333 e. The third-order valence-electron chi connectivity index (χ3n) is 2.93. The van der Waals surface area contributed by atoms with Crippen LogP contribution >= 0.6 is 0 Å². The Morgan fingerprint density at radius 1 is 1.36 bits per heavy atom. The molecule has 0 bridgehead atoms. The van der Waals surface area contributed by atoms with Crippen LogP contribution in [-0.2, 0) is 9.53 Å². The molecule has 14 heavy (non-hydrogen) atoms. The first kappa shape index (κ1) is 11.3. The van der Waals surface area contributed by atoms with Gasteiger partial charge in [-0.1, -0.05) is 25.3 Å². The van der Waals surface area contributed by atoms with Gasteiger partial charge in [0.15, 0.2) is 0 Å². The number of rotatable bonds is 3. The molecule has 0 saturated heterocycles. The summed E-state index contributed by atoms with van der Waals surface area (Å²) in [7, 11) is 0. The monoisotopic (exact) mass is 196 g/mol. The molecule has 0 heterocycles. The van der Waals surface area contributed by atoms with Gasteiger partial charge in [-0.15, -0.1) is 0 Å². The van der Waals surface area contributed by atoms with E-state index in [1.807, 2.05) is 6.92 Å². The van der Waals surface area contributed by atoms with Crippen molar-refractivity contribution in [3.8, 4) is 0 Å². The zero-order valence-electron chi connectivity index (χ0n) is 9.21. The lowest BCUT2D eigenvalue weighted by atomic mass is 9.90. The van der Waals surface area contributed by atoms with Crippen LogP contribution in [0.3, 0.4) is 0 Å². The predicted octanol–water partition coefficient (Wildman–Crippen LogP) is 3.08. The van der Waals surface area contributed by atoms with E-state index in [4.69, 9.17) is 4.74 Å². The molecule has 0 aromatic carbocycles.